The molecule has 158 valence electrons. The van der Waals surface area contributed by atoms with E-state index in [1.54, 1.807) is 4.90 Å². The van der Waals surface area contributed by atoms with Crippen molar-refractivity contribution in [2.45, 2.75) is 33.1 Å². The molecule has 1 aliphatic rings. The van der Waals surface area contributed by atoms with Crippen molar-refractivity contribution in [1.82, 2.24) is 9.80 Å². The van der Waals surface area contributed by atoms with E-state index in [2.05, 4.69) is 17.4 Å². The highest BCUT2D eigenvalue weighted by atomic mass is 16.2. The van der Waals surface area contributed by atoms with Gasteiger partial charge in [0.25, 0.3) is 0 Å². The van der Waals surface area contributed by atoms with Gasteiger partial charge in [0.15, 0.2) is 0 Å². The number of rotatable bonds is 7. The van der Waals surface area contributed by atoms with Gasteiger partial charge in [0.1, 0.15) is 0 Å². The standard InChI is InChI=1S/C24H29N3O3/c1-18-8-6-9-19(2)24(18)25-21(28)16-26-14-15-27(17-23(26)30)22(29)13-7-12-20-10-4-3-5-11-20/h3-6,8-11H,7,12-17H2,1-2H3,(H,25,28). The molecule has 0 unspecified atom stereocenters. The lowest BCUT2D eigenvalue weighted by Gasteiger charge is -2.34. The van der Waals surface area contributed by atoms with Crippen LogP contribution in [0.5, 0.6) is 0 Å². The van der Waals surface area contributed by atoms with Crippen molar-refractivity contribution in [2.75, 3.05) is 31.5 Å². The molecule has 1 aliphatic heterocycles. The summed E-state index contributed by atoms with van der Waals surface area (Å²) in [6, 6.07) is 15.9. The fourth-order valence-electron chi connectivity index (χ4n) is 3.70. The number of hydrogen-bond donors (Lipinski definition) is 1. The normalized spacial score (nSPS) is 14.0. The number of piperazine rings is 1. The summed E-state index contributed by atoms with van der Waals surface area (Å²) in [7, 11) is 0. The number of amides is 3. The van der Waals surface area contributed by atoms with Crippen LogP contribution in [-0.4, -0.2) is 53.7 Å². The van der Waals surface area contributed by atoms with Gasteiger partial charge in [0.2, 0.25) is 17.7 Å². The number of hydrogen-bond acceptors (Lipinski definition) is 3. The molecular formula is C24H29N3O3. The molecule has 0 saturated carbocycles. The molecule has 3 amide bonds. The van der Waals surface area contributed by atoms with Gasteiger partial charge in [-0.25, -0.2) is 0 Å². The van der Waals surface area contributed by atoms with Gasteiger partial charge in [0.05, 0.1) is 13.1 Å². The number of anilines is 1. The summed E-state index contributed by atoms with van der Waals surface area (Å²) in [5, 5.41) is 2.91. The summed E-state index contributed by atoms with van der Waals surface area (Å²) in [4.78, 5) is 40.5. The van der Waals surface area contributed by atoms with Crippen molar-refractivity contribution in [1.29, 1.82) is 0 Å². The lowest BCUT2D eigenvalue weighted by atomic mass is 10.1. The highest BCUT2D eigenvalue weighted by molar-refractivity contribution is 5.96. The van der Waals surface area contributed by atoms with Gasteiger partial charge in [0, 0.05) is 25.2 Å². The number of nitrogens with one attached hydrogen (secondary N) is 1. The first-order valence-electron chi connectivity index (χ1n) is 10.4. The van der Waals surface area contributed by atoms with Gasteiger partial charge >= 0.3 is 0 Å². The molecule has 0 bridgehead atoms. The summed E-state index contributed by atoms with van der Waals surface area (Å²) in [5.41, 5.74) is 3.98. The van der Waals surface area contributed by atoms with Crippen LogP contribution in [0.15, 0.2) is 48.5 Å². The molecule has 1 fully saturated rings. The lowest BCUT2D eigenvalue weighted by Crippen LogP contribution is -2.53. The van der Waals surface area contributed by atoms with Crippen molar-refractivity contribution in [3.05, 3.63) is 65.2 Å². The largest absolute Gasteiger partial charge is 0.332 e. The summed E-state index contributed by atoms with van der Waals surface area (Å²) >= 11 is 0. The van der Waals surface area contributed by atoms with E-state index in [9.17, 15) is 14.4 Å². The minimum Gasteiger partial charge on any atom is -0.332 e. The van der Waals surface area contributed by atoms with Gasteiger partial charge in [-0.15, -0.1) is 0 Å². The number of carbonyl (C=O) groups is 3. The second-order valence-corrected chi connectivity index (χ2v) is 7.78. The molecule has 6 nitrogen and oxygen atoms in total. The topological polar surface area (TPSA) is 69.7 Å². The quantitative estimate of drug-likeness (QED) is 0.767. The Hall–Kier alpha value is -3.15. The maximum atomic E-state index is 12.5. The molecular weight excluding hydrogens is 378 g/mol. The second-order valence-electron chi connectivity index (χ2n) is 7.78. The van der Waals surface area contributed by atoms with Crippen molar-refractivity contribution >= 4 is 23.4 Å². The van der Waals surface area contributed by atoms with Crippen LogP contribution in [0, 0.1) is 13.8 Å². The molecule has 0 aromatic heterocycles. The van der Waals surface area contributed by atoms with Crippen LogP contribution in [-0.2, 0) is 20.8 Å². The highest BCUT2D eigenvalue weighted by Crippen LogP contribution is 2.19. The number of aryl methyl sites for hydroxylation is 3. The third-order valence-electron chi connectivity index (χ3n) is 5.45. The first-order valence-corrected chi connectivity index (χ1v) is 10.4. The van der Waals surface area contributed by atoms with Gasteiger partial charge in [-0.1, -0.05) is 48.5 Å². The van der Waals surface area contributed by atoms with Crippen molar-refractivity contribution < 1.29 is 14.4 Å². The zero-order chi connectivity index (χ0) is 21.5. The van der Waals surface area contributed by atoms with Crippen molar-refractivity contribution in [3.63, 3.8) is 0 Å². The molecule has 0 radical (unpaired) electrons. The van der Waals surface area contributed by atoms with Crippen LogP contribution < -0.4 is 5.32 Å². The number of carbonyl (C=O) groups excluding carboxylic acids is 3. The summed E-state index contributed by atoms with van der Waals surface area (Å²) < 4.78 is 0. The van der Waals surface area contributed by atoms with E-state index >= 15 is 0 Å². The average molecular weight is 408 g/mol. The number of para-hydroxylation sites is 1. The van der Waals surface area contributed by atoms with Crippen LogP contribution >= 0.6 is 0 Å². The molecule has 3 rings (SSSR count). The van der Waals surface area contributed by atoms with Crippen LogP contribution in [0.4, 0.5) is 5.69 Å². The van der Waals surface area contributed by atoms with Gasteiger partial charge in [-0.2, -0.15) is 0 Å². The van der Waals surface area contributed by atoms with E-state index in [1.165, 1.54) is 10.5 Å². The van der Waals surface area contributed by atoms with E-state index in [0.29, 0.717) is 19.5 Å². The molecule has 0 spiro atoms. The van der Waals surface area contributed by atoms with Gasteiger partial charge in [-0.05, 0) is 43.4 Å². The Morgan fingerprint density at radius 3 is 2.33 bits per heavy atom. The van der Waals surface area contributed by atoms with E-state index in [0.717, 1.165) is 29.7 Å². The Morgan fingerprint density at radius 1 is 0.967 bits per heavy atom. The molecule has 2 aromatic carbocycles. The molecule has 1 heterocycles. The molecule has 2 aromatic rings. The molecule has 30 heavy (non-hydrogen) atoms. The fraction of sp³-hybridized carbons (Fsp3) is 0.375. The molecule has 1 N–H and O–H groups in total. The van der Waals surface area contributed by atoms with Crippen LogP contribution in [0.1, 0.15) is 29.5 Å². The van der Waals surface area contributed by atoms with Crippen LogP contribution in [0.2, 0.25) is 0 Å². The first-order chi connectivity index (χ1) is 14.4. The van der Waals surface area contributed by atoms with E-state index in [-0.39, 0.29) is 30.8 Å². The molecule has 6 heteroatoms. The van der Waals surface area contributed by atoms with Gasteiger partial charge < -0.3 is 15.1 Å². The predicted molar refractivity (Wildman–Crippen MR) is 117 cm³/mol. The van der Waals surface area contributed by atoms with E-state index in [1.807, 2.05) is 50.2 Å². The summed E-state index contributed by atoms with van der Waals surface area (Å²) in [5.74, 6) is -0.406. The van der Waals surface area contributed by atoms with Gasteiger partial charge in [-0.3, -0.25) is 14.4 Å². The Balaban J connectivity index is 1.44. The number of benzene rings is 2. The Kier molecular flexibility index (Phi) is 7.22. The number of nitrogens with zero attached hydrogens (tertiary/aromatic N) is 2. The zero-order valence-corrected chi connectivity index (χ0v) is 17.7. The fourth-order valence-corrected chi connectivity index (χ4v) is 3.70. The summed E-state index contributed by atoms with van der Waals surface area (Å²) in [6.07, 6.45) is 2.03. The monoisotopic (exact) mass is 407 g/mol. The van der Waals surface area contributed by atoms with Crippen molar-refractivity contribution in [3.8, 4) is 0 Å². The van der Waals surface area contributed by atoms with E-state index < -0.39 is 0 Å². The molecule has 1 saturated heterocycles. The molecule has 0 aliphatic carbocycles. The van der Waals surface area contributed by atoms with Crippen LogP contribution in [0.3, 0.4) is 0 Å². The van der Waals surface area contributed by atoms with Crippen molar-refractivity contribution in [2.24, 2.45) is 0 Å². The predicted octanol–water partition coefficient (Wildman–Crippen LogP) is 2.94. The minimum atomic E-state index is -0.219. The smallest absolute Gasteiger partial charge is 0.244 e. The zero-order valence-electron chi connectivity index (χ0n) is 17.7. The Bertz CT molecular complexity index is 891. The SMILES string of the molecule is Cc1cccc(C)c1NC(=O)CN1CCN(C(=O)CCCc2ccccc2)CC1=O. The minimum absolute atomic E-state index is 0.00100. The summed E-state index contributed by atoms with van der Waals surface area (Å²) in [6.45, 7) is 4.77. The molecule has 0 atom stereocenters. The average Bonchev–Trinajstić information content (AvgIpc) is 2.73. The second kappa shape index (κ2) is 10.1. The lowest BCUT2D eigenvalue weighted by molar-refractivity contribution is -0.146. The maximum Gasteiger partial charge on any atom is 0.244 e. The maximum absolute atomic E-state index is 12.5. The van der Waals surface area contributed by atoms with E-state index in [4.69, 9.17) is 0 Å². The van der Waals surface area contributed by atoms with Crippen LogP contribution in [0.25, 0.3) is 0 Å². The third kappa shape index (κ3) is 5.69. The Morgan fingerprint density at radius 2 is 1.67 bits per heavy atom. The Labute approximate surface area is 177 Å². The first kappa shape index (κ1) is 21.6. The highest BCUT2D eigenvalue weighted by Gasteiger charge is 2.28. The third-order valence-corrected chi connectivity index (χ3v) is 5.45.